The third-order valence-electron chi connectivity index (χ3n) is 2.33. The standard InChI is InChI=1S/C10H12N4O3/c15-9(13-17)8-6-14(10(16)12-8)5-7-1-3-11-4-2-7/h1-4,6,9,13,15,17H,5H2,(H,12,16). The van der Waals surface area contributed by atoms with Crippen LogP contribution in [0.3, 0.4) is 0 Å². The maximum Gasteiger partial charge on any atom is 0.326 e. The fraction of sp³-hybridized carbons (Fsp3) is 0.200. The van der Waals surface area contributed by atoms with Crippen LogP contribution in [0.25, 0.3) is 0 Å². The molecular formula is C10H12N4O3. The van der Waals surface area contributed by atoms with Gasteiger partial charge in [-0.2, -0.15) is 5.48 Å². The smallest absolute Gasteiger partial charge is 0.326 e. The van der Waals surface area contributed by atoms with Gasteiger partial charge >= 0.3 is 5.69 Å². The number of hydrogen-bond acceptors (Lipinski definition) is 5. The first-order valence-corrected chi connectivity index (χ1v) is 4.96. The molecule has 0 aliphatic heterocycles. The van der Waals surface area contributed by atoms with Crippen molar-refractivity contribution in [3.8, 4) is 0 Å². The van der Waals surface area contributed by atoms with Crippen molar-refractivity contribution in [1.29, 1.82) is 0 Å². The number of hydroxylamine groups is 1. The Balaban J connectivity index is 2.23. The molecule has 0 radical (unpaired) electrons. The molecule has 0 aliphatic carbocycles. The second-order valence-electron chi connectivity index (χ2n) is 3.53. The molecule has 17 heavy (non-hydrogen) atoms. The first kappa shape index (κ1) is 11.5. The van der Waals surface area contributed by atoms with Crippen molar-refractivity contribution >= 4 is 0 Å². The Kier molecular flexibility index (Phi) is 3.33. The van der Waals surface area contributed by atoms with Gasteiger partial charge in [0.2, 0.25) is 0 Å². The number of nitrogens with zero attached hydrogens (tertiary/aromatic N) is 2. The van der Waals surface area contributed by atoms with Gasteiger partial charge in [-0.3, -0.25) is 9.55 Å². The van der Waals surface area contributed by atoms with E-state index in [2.05, 4.69) is 9.97 Å². The number of hydrogen-bond donors (Lipinski definition) is 4. The zero-order valence-corrected chi connectivity index (χ0v) is 8.87. The molecular weight excluding hydrogens is 224 g/mol. The van der Waals surface area contributed by atoms with Crippen LogP contribution in [-0.2, 0) is 6.54 Å². The summed E-state index contributed by atoms with van der Waals surface area (Å²) in [5.41, 5.74) is 2.41. The summed E-state index contributed by atoms with van der Waals surface area (Å²) in [4.78, 5) is 17.8. The zero-order valence-electron chi connectivity index (χ0n) is 8.87. The predicted molar refractivity (Wildman–Crippen MR) is 58.3 cm³/mol. The molecule has 0 amide bonds. The van der Waals surface area contributed by atoms with Crippen LogP contribution < -0.4 is 11.2 Å². The molecule has 1 atom stereocenters. The summed E-state index contributed by atoms with van der Waals surface area (Å²) in [5, 5.41) is 17.8. The van der Waals surface area contributed by atoms with E-state index in [-0.39, 0.29) is 11.4 Å². The molecule has 7 nitrogen and oxygen atoms in total. The first-order valence-electron chi connectivity index (χ1n) is 4.96. The highest BCUT2D eigenvalue weighted by Gasteiger charge is 2.10. The minimum absolute atomic E-state index is 0.201. The fourth-order valence-electron chi connectivity index (χ4n) is 1.46. The molecule has 7 heteroatoms. The lowest BCUT2D eigenvalue weighted by Crippen LogP contribution is -2.18. The van der Waals surface area contributed by atoms with Crippen molar-refractivity contribution in [1.82, 2.24) is 20.0 Å². The van der Waals surface area contributed by atoms with Gasteiger partial charge in [0.25, 0.3) is 0 Å². The second-order valence-corrected chi connectivity index (χ2v) is 3.53. The topological polar surface area (TPSA) is 103 Å². The van der Waals surface area contributed by atoms with Gasteiger partial charge < -0.3 is 15.3 Å². The summed E-state index contributed by atoms with van der Waals surface area (Å²) in [7, 11) is 0. The van der Waals surface area contributed by atoms with E-state index in [4.69, 9.17) is 5.21 Å². The number of rotatable bonds is 4. The normalized spacial score (nSPS) is 12.6. The average Bonchev–Trinajstić information content (AvgIpc) is 2.71. The van der Waals surface area contributed by atoms with Crippen LogP contribution in [0.2, 0.25) is 0 Å². The van der Waals surface area contributed by atoms with Gasteiger partial charge in [0.1, 0.15) is 0 Å². The van der Waals surface area contributed by atoms with Crippen LogP contribution in [0, 0.1) is 0 Å². The third-order valence-corrected chi connectivity index (χ3v) is 2.33. The van der Waals surface area contributed by atoms with Gasteiger partial charge in [0.05, 0.1) is 12.2 Å². The Bertz CT molecular complexity index is 534. The first-order chi connectivity index (χ1) is 8.20. The third kappa shape index (κ3) is 2.59. The van der Waals surface area contributed by atoms with Crippen LogP contribution >= 0.6 is 0 Å². The van der Waals surface area contributed by atoms with Crippen LogP contribution in [-0.4, -0.2) is 24.8 Å². The number of nitrogens with one attached hydrogen (secondary N) is 2. The van der Waals surface area contributed by atoms with E-state index < -0.39 is 6.23 Å². The molecule has 4 N–H and O–H groups in total. The van der Waals surface area contributed by atoms with Crippen molar-refractivity contribution in [2.24, 2.45) is 0 Å². The Morgan fingerprint density at radius 3 is 2.82 bits per heavy atom. The maximum absolute atomic E-state index is 11.5. The van der Waals surface area contributed by atoms with Crippen molar-refractivity contribution in [2.45, 2.75) is 12.8 Å². The maximum atomic E-state index is 11.5. The largest absolute Gasteiger partial charge is 0.371 e. The van der Waals surface area contributed by atoms with E-state index >= 15 is 0 Å². The molecule has 0 aromatic carbocycles. The minimum atomic E-state index is -1.30. The number of aliphatic hydroxyl groups excluding tert-OH is 1. The Hall–Kier alpha value is -1.96. The molecule has 0 saturated heterocycles. The van der Waals surface area contributed by atoms with E-state index in [0.29, 0.717) is 6.54 Å². The highest BCUT2D eigenvalue weighted by atomic mass is 16.5. The molecule has 0 saturated carbocycles. The molecule has 0 spiro atoms. The molecule has 0 fully saturated rings. The highest BCUT2D eigenvalue weighted by Crippen LogP contribution is 2.05. The van der Waals surface area contributed by atoms with Crippen LogP contribution in [0.1, 0.15) is 17.5 Å². The molecule has 90 valence electrons. The van der Waals surface area contributed by atoms with Crippen molar-refractivity contribution < 1.29 is 10.3 Å². The molecule has 2 aromatic heterocycles. The monoisotopic (exact) mass is 236 g/mol. The van der Waals surface area contributed by atoms with Crippen LogP contribution in [0.15, 0.2) is 35.5 Å². The number of H-pyrrole nitrogens is 1. The molecule has 0 aliphatic rings. The molecule has 2 aromatic rings. The summed E-state index contributed by atoms with van der Waals surface area (Å²) in [6.07, 6.45) is 3.41. The minimum Gasteiger partial charge on any atom is -0.371 e. The summed E-state index contributed by atoms with van der Waals surface area (Å²) in [6, 6.07) is 3.58. The lowest BCUT2D eigenvalue weighted by Gasteiger charge is -2.03. The van der Waals surface area contributed by atoms with E-state index in [0.717, 1.165) is 5.56 Å². The molecule has 2 rings (SSSR count). The predicted octanol–water partition coefficient (Wildman–Crippen LogP) is -0.411. The van der Waals surface area contributed by atoms with Crippen LogP contribution in [0.4, 0.5) is 0 Å². The lowest BCUT2D eigenvalue weighted by atomic mass is 10.3. The van der Waals surface area contributed by atoms with E-state index in [1.165, 1.54) is 10.8 Å². The van der Waals surface area contributed by atoms with E-state index in [1.54, 1.807) is 30.0 Å². The van der Waals surface area contributed by atoms with E-state index in [1.807, 2.05) is 0 Å². The van der Waals surface area contributed by atoms with Gasteiger partial charge in [-0.1, -0.05) is 0 Å². The van der Waals surface area contributed by atoms with Gasteiger partial charge in [0.15, 0.2) is 6.23 Å². The fourth-order valence-corrected chi connectivity index (χ4v) is 1.46. The van der Waals surface area contributed by atoms with Crippen molar-refractivity contribution in [3.63, 3.8) is 0 Å². The summed E-state index contributed by atoms with van der Waals surface area (Å²) >= 11 is 0. The summed E-state index contributed by atoms with van der Waals surface area (Å²) in [6.45, 7) is 0.371. The van der Waals surface area contributed by atoms with Crippen molar-refractivity contribution in [3.05, 3.63) is 52.5 Å². The van der Waals surface area contributed by atoms with E-state index in [9.17, 15) is 9.90 Å². The number of pyridine rings is 1. The SMILES string of the molecule is O=c1[nH]c(C(O)NO)cn1Cc1ccncc1. The number of aliphatic hydroxyl groups is 1. The summed E-state index contributed by atoms with van der Waals surface area (Å²) < 4.78 is 1.39. The Labute approximate surface area is 96.3 Å². The van der Waals surface area contributed by atoms with Crippen molar-refractivity contribution in [2.75, 3.05) is 0 Å². The molecule has 0 bridgehead atoms. The molecule has 2 heterocycles. The Morgan fingerprint density at radius 2 is 2.18 bits per heavy atom. The van der Waals surface area contributed by atoms with Crippen LogP contribution in [0.5, 0.6) is 0 Å². The average molecular weight is 236 g/mol. The lowest BCUT2D eigenvalue weighted by molar-refractivity contribution is -0.00174. The number of imidazole rings is 1. The summed E-state index contributed by atoms with van der Waals surface area (Å²) in [5.74, 6) is 0. The second kappa shape index (κ2) is 4.91. The zero-order chi connectivity index (χ0) is 12.3. The Morgan fingerprint density at radius 1 is 1.47 bits per heavy atom. The highest BCUT2D eigenvalue weighted by molar-refractivity contribution is 5.11. The van der Waals surface area contributed by atoms with Gasteiger partial charge in [-0.15, -0.1) is 0 Å². The van der Waals surface area contributed by atoms with Gasteiger partial charge in [-0.25, -0.2) is 4.79 Å². The quantitative estimate of drug-likeness (QED) is 0.427. The van der Waals surface area contributed by atoms with Gasteiger partial charge in [0, 0.05) is 18.6 Å². The molecule has 1 unspecified atom stereocenters. The number of aromatic amines is 1. The van der Waals surface area contributed by atoms with Gasteiger partial charge in [-0.05, 0) is 17.7 Å². The number of aromatic nitrogens is 3.